The van der Waals surface area contributed by atoms with Crippen LogP contribution < -0.4 is 0 Å². The van der Waals surface area contributed by atoms with Crippen LogP contribution in [0.4, 0.5) is 0 Å². The number of rotatable bonds is 5. The van der Waals surface area contributed by atoms with E-state index in [0.29, 0.717) is 0 Å². The topological polar surface area (TPSA) is 224 Å². The molecular weight excluding hydrogens is 484 g/mol. The fourth-order valence-electron chi connectivity index (χ4n) is 4.18. The first kappa shape index (κ1) is 25.5. The van der Waals surface area contributed by atoms with Crippen LogP contribution in [0.2, 0.25) is 0 Å². The van der Waals surface area contributed by atoms with Crippen LogP contribution in [0.1, 0.15) is 45.2 Å². The van der Waals surface area contributed by atoms with E-state index in [0.717, 1.165) is 18.2 Å². The van der Waals surface area contributed by atoms with Crippen molar-refractivity contribution in [2.45, 2.75) is 49.7 Å². The third-order valence-corrected chi connectivity index (χ3v) is 6.09. The third-order valence-electron chi connectivity index (χ3n) is 6.09. The van der Waals surface area contributed by atoms with Gasteiger partial charge in [0.1, 0.15) is 42.5 Å². The lowest BCUT2D eigenvalue weighted by molar-refractivity contribution is -0.312. The molecule has 0 spiro atoms. The molecule has 13 nitrogen and oxygen atoms in total. The van der Waals surface area contributed by atoms with Crippen LogP contribution in [-0.2, 0) is 14.2 Å². The SMILES string of the molecule is O=C(OC[C@H]1O[C@@H](O[C@@H]2CCC(=O)c3c(O)ccc(O)c32)[C@H](O)[C@@H](O)[C@@H]1O)c1cc(O)c(O)c(O)c1. The first-order valence-corrected chi connectivity index (χ1v) is 10.8. The number of aliphatic hydroxyl groups is 3. The average molecular weight is 508 g/mol. The van der Waals surface area contributed by atoms with Gasteiger partial charge in [0.25, 0.3) is 0 Å². The molecule has 194 valence electrons. The molecule has 1 saturated heterocycles. The predicted octanol–water partition coefficient (Wildman–Crippen LogP) is -0.0866. The molecule has 0 amide bonds. The molecule has 6 atom stereocenters. The number of aliphatic hydroxyl groups excluding tert-OH is 3. The first-order chi connectivity index (χ1) is 17.0. The number of aromatic hydroxyl groups is 5. The lowest BCUT2D eigenvalue weighted by Crippen LogP contribution is -2.59. The maximum Gasteiger partial charge on any atom is 0.338 e. The van der Waals surface area contributed by atoms with Crippen LogP contribution >= 0.6 is 0 Å². The minimum absolute atomic E-state index is 0.0161. The molecule has 36 heavy (non-hydrogen) atoms. The van der Waals surface area contributed by atoms with Gasteiger partial charge < -0.3 is 55.1 Å². The van der Waals surface area contributed by atoms with Crippen LogP contribution in [0.3, 0.4) is 0 Å². The second kappa shape index (κ2) is 9.79. The standard InChI is InChI=1S/C23H24O13/c24-9-1-2-11(26)17-14(4-3-10(25)16(9)17)35-23-21(32)20(31)19(30)15(36-23)7-34-22(33)8-5-12(27)18(29)13(28)6-8/h1-2,5-6,14-15,19-21,23-24,26-32H,3-4,7H2/t14-,15-,19-,20+,21-,23-/m1/s1. The maximum atomic E-state index is 12.3. The summed E-state index contributed by atoms with van der Waals surface area (Å²) in [6.07, 6.45) is -9.29. The quantitative estimate of drug-likeness (QED) is 0.150. The molecule has 1 heterocycles. The Labute approximate surface area is 203 Å². The Balaban J connectivity index is 1.49. The average Bonchev–Trinajstić information content (AvgIpc) is 2.84. The zero-order chi connectivity index (χ0) is 26.3. The molecule has 0 radical (unpaired) electrons. The highest BCUT2D eigenvalue weighted by Gasteiger charge is 2.46. The molecule has 1 aliphatic heterocycles. The Morgan fingerprint density at radius 2 is 1.56 bits per heavy atom. The van der Waals surface area contributed by atoms with Crippen LogP contribution in [0.5, 0.6) is 28.7 Å². The van der Waals surface area contributed by atoms with E-state index in [4.69, 9.17) is 14.2 Å². The van der Waals surface area contributed by atoms with Gasteiger partial charge in [0, 0.05) is 12.0 Å². The van der Waals surface area contributed by atoms with Crippen LogP contribution in [0.25, 0.3) is 0 Å². The highest BCUT2D eigenvalue weighted by atomic mass is 16.7. The van der Waals surface area contributed by atoms with Crippen molar-refractivity contribution >= 4 is 11.8 Å². The number of phenols is 5. The number of Topliss-reactive ketones (excluding diaryl/α,β-unsaturated/α-hetero) is 1. The number of ketones is 1. The predicted molar refractivity (Wildman–Crippen MR) is 116 cm³/mol. The van der Waals surface area contributed by atoms with Crippen molar-refractivity contribution in [1.82, 2.24) is 0 Å². The lowest BCUT2D eigenvalue weighted by atomic mass is 9.87. The minimum Gasteiger partial charge on any atom is -0.508 e. The van der Waals surface area contributed by atoms with Gasteiger partial charge in [-0.25, -0.2) is 4.79 Å². The molecular formula is C23H24O13. The number of hydrogen-bond donors (Lipinski definition) is 8. The molecule has 0 bridgehead atoms. The number of esters is 1. The highest BCUT2D eigenvalue weighted by Crippen LogP contribution is 2.43. The molecule has 13 heteroatoms. The highest BCUT2D eigenvalue weighted by molar-refractivity contribution is 6.01. The van der Waals surface area contributed by atoms with E-state index in [1.165, 1.54) is 6.07 Å². The first-order valence-electron chi connectivity index (χ1n) is 10.8. The van der Waals surface area contributed by atoms with Crippen molar-refractivity contribution in [3.63, 3.8) is 0 Å². The zero-order valence-corrected chi connectivity index (χ0v) is 18.5. The van der Waals surface area contributed by atoms with Crippen molar-refractivity contribution in [2.24, 2.45) is 0 Å². The van der Waals surface area contributed by atoms with E-state index in [-0.39, 0.29) is 41.0 Å². The fraction of sp³-hybridized carbons (Fsp3) is 0.391. The van der Waals surface area contributed by atoms with E-state index >= 15 is 0 Å². The molecule has 4 rings (SSSR count). The molecule has 0 unspecified atom stereocenters. The number of fused-ring (bicyclic) bond motifs is 1. The Morgan fingerprint density at radius 1 is 0.917 bits per heavy atom. The van der Waals surface area contributed by atoms with Crippen molar-refractivity contribution in [3.8, 4) is 28.7 Å². The largest absolute Gasteiger partial charge is 0.508 e. The number of carbonyl (C=O) groups excluding carboxylic acids is 2. The molecule has 8 N–H and O–H groups in total. The Bertz CT molecular complexity index is 1160. The summed E-state index contributed by atoms with van der Waals surface area (Å²) in [7, 11) is 0. The van der Waals surface area contributed by atoms with Gasteiger partial charge in [0.15, 0.2) is 29.3 Å². The summed E-state index contributed by atoms with van der Waals surface area (Å²) in [4.78, 5) is 24.6. The van der Waals surface area contributed by atoms with E-state index < -0.39 is 72.4 Å². The van der Waals surface area contributed by atoms with E-state index in [9.17, 15) is 50.4 Å². The smallest absolute Gasteiger partial charge is 0.338 e. The molecule has 0 saturated carbocycles. The number of carbonyl (C=O) groups is 2. The molecule has 0 aromatic heterocycles. The monoisotopic (exact) mass is 508 g/mol. The van der Waals surface area contributed by atoms with Gasteiger partial charge in [-0.15, -0.1) is 0 Å². The molecule has 2 aromatic carbocycles. The summed E-state index contributed by atoms with van der Waals surface area (Å²) < 4.78 is 16.3. The van der Waals surface area contributed by atoms with Gasteiger partial charge >= 0.3 is 5.97 Å². The Kier molecular flexibility index (Phi) is 6.93. The van der Waals surface area contributed by atoms with Crippen LogP contribution in [0.15, 0.2) is 24.3 Å². The number of ether oxygens (including phenoxy) is 3. The lowest BCUT2D eigenvalue weighted by Gasteiger charge is -2.41. The van der Waals surface area contributed by atoms with Gasteiger partial charge in [-0.3, -0.25) is 4.79 Å². The second-order valence-electron chi connectivity index (χ2n) is 8.46. The second-order valence-corrected chi connectivity index (χ2v) is 8.46. The van der Waals surface area contributed by atoms with Gasteiger partial charge in [-0.2, -0.15) is 0 Å². The van der Waals surface area contributed by atoms with Crippen LogP contribution in [-0.4, -0.2) is 89.9 Å². The summed E-state index contributed by atoms with van der Waals surface area (Å²) in [5.74, 6) is -4.58. The minimum atomic E-state index is -1.79. The van der Waals surface area contributed by atoms with Crippen molar-refractivity contribution in [2.75, 3.05) is 6.61 Å². The molecule has 2 aromatic rings. The van der Waals surface area contributed by atoms with Gasteiger partial charge in [-0.1, -0.05) is 0 Å². The molecule has 1 fully saturated rings. The van der Waals surface area contributed by atoms with Gasteiger partial charge in [0.05, 0.1) is 17.2 Å². The summed E-state index contributed by atoms with van der Waals surface area (Å²) in [6, 6.07) is 3.99. The maximum absolute atomic E-state index is 12.3. The molecule has 1 aliphatic carbocycles. The van der Waals surface area contributed by atoms with Crippen LogP contribution in [0, 0.1) is 0 Å². The summed E-state index contributed by atoms with van der Waals surface area (Å²) in [5, 5.41) is 79.8. The van der Waals surface area contributed by atoms with Crippen molar-refractivity contribution < 1.29 is 64.7 Å². The van der Waals surface area contributed by atoms with Crippen molar-refractivity contribution in [3.05, 3.63) is 41.0 Å². The normalized spacial score (nSPS) is 27.9. The number of phenolic OH excluding ortho intramolecular Hbond substituents is 5. The van der Waals surface area contributed by atoms with E-state index in [1.54, 1.807) is 0 Å². The van der Waals surface area contributed by atoms with E-state index in [1.807, 2.05) is 0 Å². The van der Waals surface area contributed by atoms with Gasteiger partial charge in [-0.05, 0) is 30.7 Å². The number of hydrogen-bond acceptors (Lipinski definition) is 13. The summed E-state index contributed by atoms with van der Waals surface area (Å²) in [6.45, 7) is -0.655. The zero-order valence-electron chi connectivity index (χ0n) is 18.5. The summed E-state index contributed by atoms with van der Waals surface area (Å²) >= 11 is 0. The third kappa shape index (κ3) is 4.62. The molecule has 2 aliphatic rings. The van der Waals surface area contributed by atoms with E-state index in [2.05, 4.69) is 0 Å². The summed E-state index contributed by atoms with van der Waals surface area (Å²) in [5.41, 5.74) is -0.485. The van der Waals surface area contributed by atoms with Gasteiger partial charge in [0.2, 0.25) is 0 Å². The fourth-order valence-corrected chi connectivity index (χ4v) is 4.18. The number of benzene rings is 2. The van der Waals surface area contributed by atoms with Crippen molar-refractivity contribution in [1.29, 1.82) is 0 Å². The Morgan fingerprint density at radius 3 is 2.22 bits per heavy atom. The Hall–Kier alpha value is -3.62.